The summed E-state index contributed by atoms with van der Waals surface area (Å²) in [6.07, 6.45) is 6.96. The molecule has 0 spiro atoms. The number of ether oxygens (including phenoxy) is 2. The SMILES string of the molecule is CC(C)(C)OC(=O)NC1(C(=O)NC(Cc2ccc(-c3cnn(CCN4CCOCC4)c3)cc2)C(N)=O)CCCCC1. The van der Waals surface area contributed by atoms with Gasteiger partial charge in [-0.25, -0.2) is 4.79 Å². The minimum absolute atomic E-state index is 0.239. The Hall–Kier alpha value is -3.44. The van der Waals surface area contributed by atoms with Gasteiger partial charge in [0.15, 0.2) is 0 Å². The summed E-state index contributed by atoms with van der Waals surface area (Å²) in [7, 11) is 0. The van der Waals surface area contributed by atoms with Crippen LogP contribution in [0.15, 0.2) is 36.7 Å². The van der Waals surface area contributed by atoms with E-state index in [9.17, 15) is 14.4 Å². The molecule has 2 aromatic rings. The number of carbonyl (C=O) groups excluding carboxylic acids is 3. The van der Waals surface area contributed by atoms with Gasteiger partial charge in [-0.1, -0.05) is 43.5 Å². The molecule has 2 aliphatic rings. The molecule has 3 amide bonds. The predicted octanol–water partition coefficient (Wildman–Crippen LogP) is 2.62. The van der Waals surface area contributed by atoms with Crippen molar-refractivity contribution in [2.75, 3.05) is 32.8 Å². The molecule has 1 aliphatic carbocycles. The summed E-state index contributed by atoms with van der Waals surface area (Å²) >= 11 is 0. The van der Waals surface area contributed by atoms with E-state index in [4.69, 9.17) is 15.2 Å². The number of hydrogen-bond acceptors (Lipinski definition) is 7. The lowest BCUT2D eigenvalue weighted by atomic mass is 9.80. The van der Waals surface area contributed by atoms with Crippen LogP contribution in [0.5, 0.6) is 0 Å². The van der Waals surface area contributed by atoms with Crippen LogP contribution in [0.4, 0.5) is 4.79 Å². The van der Waals surface area contributed by atoms with Crippen molar-refractivity contribution in [3.05, 3.63) is 42.2 Å². The summed E-state index contributed by atoms with van der Waals surface area (Å²) in [6.45, 7) is 10.5. The third-order valence-corrected chi connectivity index (χ3v) is 7.64. The normalized spacial score (nSPS) is 18.3. The molecule has 41 heavy (non-hydrogen) atoms. The minimum Gasteiger partial charge on any atom is -0.444 e. The molecule has 1 unspecified atom stereocenters. The Morgan fingerprint density at radius 1 is 1.05 bits per heavy atom. The van der Waals surface area contributed by atoms with E-state index in [0.717, 1.165) is 75.3 Å². The number of alkyl carbamates (subject to hydrolysis) is 1. The third kappa shape index (κ3) is 8.77. The lowest BCUT2D eigenvalue weighted by Gasteiger charge is -2.37. The van der Waals surface area contributed by atoms with Crippen LogP contribution in [0.1, 0.15) is 58.4 Å². The molecule has 1 aliphatic heterocycles. The van der Waals surface area contributed by atoms with Crippen LogP contribution >= 0.6 is 0 Å². The molecule has 1 atom stereocenters. The third-order valence-electron chi connectivity index (χ3n) is 7.64. The smallest absolute Gasteiger partial charge is 0.408 e. The van der Waals surface area contributed by atoms with Crippen molar-refractivity contribution in [2.24, 2.45) is 5.73 Å². The minimum atomic E-state index is -1.14. The van der Waals surface area contributed by atoms with Crippen molar-refractivity contribution >= 4 is 17.9 Å². The average molecular weight is 569 g/mol. The van der Waals surface area contributed by atoms with Gasteiger partial charge in [-0.05, 0) is 44.7 Å². The number of morpholine rings is 1. The number of carbonyl (C=O) groups is 3. The zero-order chi connectivity index (χ0) is 29.5. The summed E-state index contributed by atoms with van der Waals surface area (Å²) in [5.74, 6) is -1.04. The van der Waals surface area contributed by atoms with E-state index in [1.807, 2.05) is 41.3 Å². The molecule has 1 aromatic carbocycles. The quantitative estimate of drug-likeness (QED) is 0.400. The maximum Gasteiger partial charge on any atom is 0.408 e. The Kier molecular flexibility index (Phi) is 10.0. The van der Waals surface area contributed by atoms with E-state index in [0.29, 0.717) is 12.8 Å². The number of benzene rings is 1. The lowest BCUT2D eigenvalue weighted by Crippen LogP contribution is -2.63. The molecule has 4 N–H and O–H groups in total. The summed E-state index contributed by atoms with van der Waals surface area (Å²) in [5.41, 5.74) is 6.75. The number of nitrogens with two attached hydrogens (primary N) is 1. The van der Waals surface area contributed by atoms with Crippen molar-refractivity contribution in [3.63, 3.8) is 0 Å². The van der Waals surface area contributed by atoms with Crippen LogP contribution < -0.4 is 16.4 Å². The van der Waals surface area contributed by atoms with E-state index < -0.39 is 35.1 Å². The van der Waals surface area contributed by atoms with Gasteiger partial charge in [0.05, 0.1) is 26.0 Å². The van der Waals surface area contributed by atoms with Crippen molar-refractivity contribution in [1.29, 1.82) is 0 Å². The molecular formula is C30H44N6O5. The van der Waals surface area contributed by atoms with Gasteiger partial charge in [0.2, 0.25) is 11.8 Å². The highest BCUT2D eigenvalue weighted by atomic mass is 16.6. The largest absolute Gasteiger partial charge is 0.444 e. The Balaban J connectivity index is 1.37. The molecule has 11 nitrogen and oxygen atoms in total. The number of hydrogen-bond donors (Lipinski definition) is 3. The van der Waals surface area contributed by atoms with Crippen LogP contribution in [0.25, 0.3) is 11.1 Å². The monoisotopic (exact) mass is 568 g/mol. The molecule has 2 fully saturated rings. The van der Waals surface area contributed by atoms with Gasteiger partial charge < -0.3 is 25.8 Å². The molecule has 1 aromatic heterocycles. The summed E-state index contributed by atoms with van der Waals surface area (Å²) in [5, 5.41) is 10.1. The fourth-order valence-corrected chi connectivity index (χ4v) is 5.35. The van der Waals surface area contributed by atoms with Gasteiger partial charge in [-0.3, -0.25) is 19.2 Å². The van der Waals surface area contributed by atoms with Gasteiger partial charge in [-0.15, -0.1) is 0 Å². The number of rotatable bonds is 10. The van der Waals surface area contributed by atoms with Crippen molar-refractivity contribution in [3.8, 4) is 11.1 Å². The first-order valence-corrected chi connectivity index (χ1v) is 14.6. The first kappa shape index (κ1) is 30.5. The lowest BCUT2D eigenvalue weighted by molar-refractivity contribution is -0.133. The van der Waals surface area contributed by atoms with Gasteiger partial charge in [0, 0.05) is 37.8 Å². The second-order valence-corrected chi connectivity index (χ2v) is 12.0. The fourth-order valence-electron chi connectivity index (χ4n) is 5.35. The van der Waals surface area contributed by atoms with Crippen LogP contribution in [-0.2, 0) is 32.0 Å². The highest BCUT2D eigenvalue weighted by molar-refractivity contribution is 5.94. The van der Waals surface area contributed by atoms with Crippen LogP contribution in [0.3, 0.4) is 0 Å². The van der Waals surface area contributed by atoms with E-state index in [1.165, 1.54) is 0 Å². The molecule has 1 saturated carbocycles. The average Bonchev–Trinajstić information content (AvgIpc) is 3.41. The molecular weight excluding hydrogens is 524 g/mol. The summed E-state index contributed by atoms with van der Waals surface area (Å²) in [4.78, 5) is 40.9. The maximum atomic E-state index is 13.5. The Bertz CT molecular complexity index is 1180. The maximum absolute atomic E-state index is 13.5. The highest BCUT2D eigenvalue weighted by Gasteiger charge is 2.43. The van der Waals surface area contributed by atoms with E-state index in [1.54, 1.807) is 20.8 Å². The second kappa shape index (κ2) is 13.5. The number of nitrogens with one attached hydrogen (secondary N) is 2. The van der Waals surface area contributed by atoms with Gasteiger partial charge in [0.25, 0.3) is 0 Å². The van der Waals surface area contributed by atoms with Crippen LogP contribution in [0, 0.1) is 0 Å². The number of amides is 3. The number of primary amides is 1. The first-order chi connectivity index (χ1) is 19.5. The molecule has 4 rings (SSSR count). The van der Waals surface area contributed by atoms with Crippen molar-refractivity contribution in [1.82, 2.24) is 25.3 Å². The first-order valence-electron chi connectivity index (χ1n) is 14.6. The Labute approximate surface area is 242 Å². The van der Waals surface area contributed by atoms with Gasteiger partial charge in [0.1, 0.15) is 17.2 Å². The molecule has 11 heteroatoms. The molecule has 1 saturated heterocycles. The summed E-state index contributed by atoms with van der Waals surface area (Å²) < 4.78 is 12.8. The van der Waals surface area contributed by atoms with Crippen molar-refractivity contribution < 1.29 is 23.9 Å². The molecule has 2 heterocycles. The van der Waals surface area contributed by atoms with E-state index in [-0.39, 0.29) is 6.42 Å². The number of nitrogens with zero attached hydrogens (tertiary/aromatic N) is 3. The Morgan fingerprint density at radius 2 is 1.73 bits per heavy atom. The van der Waals surface area contributed by atoms with Gasteiger partial charge >= 0.3 is 6.09 Å². The molecule has 0 radical (unpaired) electrons. The fraction of sp³-hybridized carbons (Fsp3) is 0.600. The zero-order valence-electron chi connectivity index (χ0n) is 24.5. The zero-order valence-corrected chi connectivity index (χ0v) is 24.5. The van der Waals surface area contributed by atoms with E-state index in [2.05, 4.69) is 20.6 Å². The number of aromatic nitrogens is 2. The molecule has 224 valence electrons. The van der Waals surface area contributed by atoms with Crippen LogP contribution in [-0.4, -0.2) is 82.6 Å². The Morgan fingerprint density at radius 3 is 2.37 bits per heavy atom. The van der Waals surface area contributed by atoms with Crippen LogP contribution in [0.2, 0.25) is 0 Å². The predicted molar refractivity (Wildman–Crippen MR) is 155 cm³/mol. The van der Waals surface area contributed by atoms with Gasteiger partial charge in [-0.2, -0.15) is 5.10 Å². The highest BCUT2D eigenvalue weighted by Crippen LogP contribution is 2.29. The van der Waals surface area contributed by atoms with Crippen molar-refractivity contribution in [2.45, 2.75) is 83.0 Å². The topological polar surface area (TPSA) is 141 Å². The summed E-state index contributed by atoms with van der Waals surface area (Å²) in [6, 6.07) is 6.89. The molecule has 0 bridgehead atoms. The van der Waals surface area contributed by atoms with E-state index >= 15 is 0 Å². The standard InChI is InChI=1S/C30H44N6O5/c1-29(2,3)41-28(39)34-30(11-5-4-6-12-30)27(38)33-25(26(31)37)19-22-7-9-23(10-8-22)24-20-32-36(21-24)14-13-35-15-17-40-18-16-35/h7-10,20-21,25H,4-6,11-19H2,1-3H3,(H2,31,37)(H,33,38)(H,34,39). The second-order valence-electron chi connectivity index (χ2n) is 12.0.